The molecule has 1 amide bonds. The van der Waals surface area contributed by atoms with Gasteiger partial charge >= 0.3 is 0 Å². The van der Waals surface area contributed by atoms with E-state index < -0.39 is 0 Å². The molecule has 1 aliphatic rings. The molecule has 0 N–H and O–H groups in total. The van der Waals surface area contributed by atoms with Crippen molar-refractivity contribution in [1.82, 2.24) is 0 Å². The standard InChI is InChI=1S/C9H4N2O/c10-5-7-3-1-2-6-4-8(12)11-9(6)7/h1-4H. The highest BCUT2D eigenvalue weighted by Gasteiger charge is 2.05. The number of benzene rings is 1. The number of carbonyl (C=O) groups excluding carboxylic acids is 1. The fraction of sp³-hybridized carbons (Fsp3) is 0. The molecule has 0 radical (unpaired) electrons. The van der Waals surface area contributed by atoms with Crippen LogP contribution in [-0.2, 0) is 4.79 Å². The lowest BCUT2D eigenvalue weighted by Crippen LogP contribution is -2.23. The summed E-state index contributed by atoms with van der Waals surface area (Å²) in [5, 5.41) is 9.89. The van der Waals surface area contributed by atoms with E-state index in [1.807, 2.05) is 6.07 Å². The van der Waals surface area contributed by atoms with Crippen molar-refractivity contribution >= 4 is 12.0 Å². The van der Waals surface area contributed by atoms with Gasteiger partial charge in [-0.2, -0.15) is 5.26 Å². The van der Waals surface area contributed by atoms with Crippen molar-refractivity contribution in [1.29, 1.82) is 5.26 Å². The van der Waals surface area contributed by atoms with Gasteiger partial charge in [0.2, 0.25) is 0 Å². The van der Waals surface area contributed by atoms with Gasteiger partial charge in [0.15, 0.2) is 0 Å². The highest BCUT2D eigenvalue weighted by molar-refractivity contribution is 6.06. The van der Waals surface area contributed by atoms with E-state index in [2.05, 4.69) is 4.99 Å². The first-order chi connectivity index (χ1) is 5.81. The van der Waals surface area contributed by atoms with Crippen LogP contribution in [-0.4, -0.2) is 5.91 Å². The lowest BCUT2D eigenvalue weighted by atomic mass is 10.2. The Labute approximate surface area is 68.3 Å². The Balaban J connectivity index is 2.96. The molecule has 0 saturated carbocycles. The van der Waals surface area contributed by atoms with Crippen molar-refractivity contribution in [3.63, 3.8) is 0 Å². The van der Waals surface area contributed by atoms with Gasteiger partial charge < -0.3 is 0 Å². The molecule has 0 saturated heterocycles. The minimum Gasteiger partial charge on any atom is -0.267 e. The molecule has 0 unspecified atom stereocenters. The van der Waals surface area contributed by atoms with E-state index in [0.29, 0.717) is 10.9 Å². The van der Waals surface area contributed by atoms with E-state index in [1.165, 1.54) is 6.08 Å². The van der Waals surface area contributed by atoms with Crippen LogP contribution in [0.15, 0.2) is 23.2 Å². The highest BCUT2D eigenvalue weighted by atomic mass is 16.1. The summed E-state index contributed by atoms with van der Waals surface area (Å²) in [4.78, 5) is 14.5. The Morgan fingerprint density at radius 1 is 1.42 bits per heavy atom. The molecule has 1 aliphatic heterocycles. The van der Waals surface area contributed by atoms with Gasteiger partial charge in [0.25, 0.3) is 5.91 Å². The molecular formula is C9H4N2O. The van der Waals surface area contributed by atoms with Gasteiger partial charge in [-0.15, -0.1) is 0 Å². The van der Waals surface area contributed by atoms with Crippen molar-refractivity contribution < 1.29 is 4.79 Å². The summed E-state index contributed by atoms with van der Waals surface area (Å²) in [6.45, 7) is 0. The molecule has 1 aromatic rings. The normalized spacial score (nSPS) is 12.8. The molecule has 0 bridgehead atoms. The second kappa shape index (κ2) is 2.28. The average molecular weight is 156 g/mol. The molecule has 3 nitrogen and oxygen atoms in total. The number of carbonyl (C=O) groups is 1. The Morgan fingerprint density at radius 2 is 2.25 bits per heavy atom. The molecule has 0 fully saturated rings. The third-order valence-electron chi connectivity index (χ3n) is 1.69. The first kappa shape index (κ1) is 6.74. The minimum atomic E-state index is -0.285. The highest BCUT2D eigenvalue weighted by Crippen LogP contribution is 1.89. The topological polar surface area (TPSA) is 53.2 Å². The molecule has 1 aromatic carbocycles. The number of para-hydroxylation sites is 1. The number of amides is 1. The zero-order valence-electron chi connectivity index (χ0n) is 6.11. The summed E-state index contributed by atoms with van der Waals surface area (Å²) in [5.74, 6) is -0.285. The van der Waals surface area contributed by atoms with E-state index in [4.69, 9.17) is 5.26 Å². The fourth-order valence-electron chi connectivity index (χ4n) is 1.17. The Kier molecular flexibility index (Phi) is 1.28. The van der Waals surface area contributed by atoms with Crippen LogP contribution in [0.4, 0.5) is 0 Å². The minimum absolute atomic E-state index is 0.285. The maximum absolute atomic E-state index is 10.8. The lowest BCUT2D eigenvalue weighted by molar-refractivity contribution is -0.112. The number of hydrogen-bond acceptors (Lipinski definition) is 2. The van der Waals surface area contributed by atoms with Gasteiger partial charge in [0.05, 0.1) is 10.9 Å². The van der Waals surface area contributed by atoms with Gasteiger partial charge in [-0.05, 0) is 6.07 Å². The molecule has 3 heteroatoms. The van der Waals surface area contributed by atoms with E-state index >= 15 is 0 Å². The smallest absolute Gasteiger partial charge is 0.267 e. The van der Waals surface area contributed by atoms with Crippen molar-refractivity contribution in [3.8, 4) is 6.07 Å². The zero-order valence-corrected chi connectivity index (χ0v) is 6.11. The lowest BCUT2D eigenvalue weighted by Gasteiger charge is -1.85. The molecule has 0 atom stereocenters. The Bertz CT molecular complexity index is 508. The molecule has 1 heterocycles. The molecular weight excluding hydrogens is 152 g/mol. The second-order valence-corrected chi connectivity index (χ2v) is 2.45. The second-order valence-electron chi connectivity index (χ2n) is 2.45. The Hall–Kier alpha value is -1.95. The van der Waals surface area contributed by atoms with Crippen LogP contribution in [0, 0.1) is 11.3 Å². The van der Waals surface area contributed by atoms with Crippen LogP contribution in [0.2, 0.25) is 0 Å². The summed E-state index contributed by atoms with van der Waals surface area (Å²) in [6.07, 6.45) is 1.43. The number of nitrogens with zero attached hydrogens (tertiary/aromatic N) is 2. The fourth-order valence-corrected chi connectivity index (χ4v) is 1.17. The van der Waals surface area contributed by atoms with E-state index in [0.717, 1.165) is 5.22 Å². The van der Waals surface area contributed by atoms with Gasteiger partial charge in [0, 0.05) is 11.3 Å². The predicted octanol–water partition coefficient (Wildman–Crippen LogP) is -0.501. The van der Waals surface area contributed by atoms with E-state index in [-0.39, 0.29) is 5.91 Å². The number of fused-ring (bicyclic) bond motifs is 1. The summed E-state index contributed by atoms with van der Waals surface area (Å²) >= 11 is 0. The molecule has 2 rings (SSSR count). The van der Waals surface area contributed by atoms with Crippen LogP contribution < -0.4 is 10.6 Å². The van der Waals surface area contributed by atoms with Gasteiger partial charge in [-0.1, -0.05) is 12.1 Å². The van der Waals surface area contributed by atoms with Crippen molar-refractivity contribution in [2.24, 2.45) is 4.99 Å². The molecule has 12 heavy (non-hydrogen) atoms. The predicted molar refractivity (Wildman–Crippen MR) is 41.4 cm³/mol. The molecule has 0 aliphatic carbocycles. The quantitative estimate of drug-likeness (QED) is 0.508. The van der Waals surface area contributed by atoms with Crippen LogP contribution in [0.3, 0.4) is 0 Å². The first-order valence-corrected chi connectivity index (χ1v) is 3.45. The monoisotopic (exact) mass is 156 g/mol. The average Bonchev–Trinajstić information content (AvgIpc) is 2.44. The zero-order chi connectivity index (χ0) is 8.55. The third-order valence-corrected chi connectivity index (χ3v) is 1.69. The summed E-state index contributed by atoms with van der Waals surface area (Å²) < 4.78 is 0. The van der Waals surface area contributed by atoms with Crippen molar-refractivity contribution in [2.45, 2.75) is 0 Å². The summed E-state index contributed by atoms with van der Waals surface area (Å²) in [7, 11) is 0. The number of rotatable bonds is 0. The third kappa shape index (κ3) is 0.823. The molecule has 0 spiro atoms. The van der Waals surface area contributed by atoms with Gasteiger partial charge in [0.1, 0.15) is 6.07 Å². The van der Waals surface area contributed by atoms with Crippen LogP contribution in [0.25, 0.3) is 6.08 Å². The van der Waals surface area contributed by atoms with Crippen LogP contribution in [0.1, 0.15) is 5.56 Å². The van der Waals surface area contributed by atoms with Crippen molar-refractivity contribution in [3.05, 3.63) is 34.3 Å². The molecule has 56 valence electrons. The maximum atomic E-state index is 10.8. The van der Waals surface area contributed by atoms with E-state index in [9.17, 15) is 4.79 Å². The SMILES string of the molecule is N#Cc1cccc2c1=NC(=O)C=2. The van der Waals surface area contributed by atoms with Crippen LogP contribution >= 0.6 is 0 Å². The van der Waals surface area contributed by atoms with Gasteiger partial charge in [-0.3, -0.25) is 4.79 Å². The van der Waals surface area contributed by atoms with Crippen molar-refractivity contribution in [2.75, 3.05) is 0 Å². The number of hydrogen-bond donors (Lipinski definition) is 0. The Morgan fingerprint density at radius 3 is 3.00 bits per heavy atom. The van der Waals surface area contributed by atoms with Crippen LogP contribution in [0.5, 0.6) is 0 Å². The molecule has 0 aromatic heterocycles. The number of nitriles is 1. The summed E-state index contributed by atoms with van der Waals surface area (Å²) in [5.41, 5.74) is 0.453. The first-order valence-electron chi connectivity index (χ1n) is 3.45. The van der Waals surface area contributed by atoms with Gasteiger partial charge in [-0.25, -0.2) is 4.99 Å². The maximum Gasteiger partial charge on any atom is 0.270 e. The summed E-state index contributed by atoms with van der Waals surface area (Å²) in [6, 6.07) is 7.14. The van der Waals surface area contributed by atoms with E-state index in [1.54, 1.807) is 18.2 Å². The largest absolute Gasteiger partial charge is 0.270 e.